The summed E-state index contributed by atoms with van der Waals surface area (Å²) in [5.41, 5.74) is 2.04. The van der Waals surface area contributed by atoms with E-state index in [1.807, 2.05) is 26.8 Å². The van der Waals surface area contributed by atoms with Gasteiger partial charge in [0.1, 0.15) is 6.61 Å². The zero-order valence-corrected chi connectivity index (χ0v) is 20.7. The second kappa shape index (κ2) is 10.4. The number of morpholine rings is 1. The molecule has 0 spiro atoms. The molecule has 1 unspecified atom stereocenters. The SMILES string of the molecule is C=CCC(F)(F)C1CCCN1c1ccc(C2CCN(C(=O)N3CC[C@@H]4OCC(=O)N[C@@H]4C3)CC2)cc1. The number of ether oxygens (including phenoxy) is 1. The number of likely N-dealkylation sites (tertiary alicyclic amines) is 2. The van der Waals surface area contributed by atoms with Crippen LogP contribution >= 0.6 is 0 Å². The molecule has 4 fully saturated rings. The first-order chi connectivity index (χ1) is 17.4. The number of anilines is 1. The highest BCUT2D eigenvalue weighted by Gasteiger charge is 2.44. The van der Waals surface area contributed by atoms with Crippen LogP contribution in [0.4, 0.5) is 19.3 Å². The third-order valence-electron chi connectivity index (χ3n) is 8.21. The summed E-state index contributed by atoms with van der Waals surface area (Å²) < 4.78 is 34.8. The molecular formula is C27H36F2N4O3. The number of halogens is 2. The molecule has 0 aliphatic carbocycles. The van der Waals surface area contributed by atoms with Crippen LogP contribution in [0.2, 0.25) is 0 Å². The molecule has 4 aliphatic heterocycles. The molecule has 1 aromatic carbocycles. The Morgan fingerprint density at radius 1 is 1.08 bits per heavy atom. The molecule has 196 valence electrons. The van der Waals surface area contributed by atoms with E-state index in [2.05, 4.69) is 24.0 Å². The summed E-state index contributed by atoms with van der Waals surface area (Å²) in [4.78, 5) is 30.4. The van der Waals surface area contributed by atoms with Crippen LogP contribution in [0, 0.1) is 0 Å². The number of carbonyl (C=O) groups excluding carboxylic acids is 2. The molecule has 1 aromatic rings. The summed E-state index contributed by atoms with van der Waals surface area (Å²) in [5.74, 6) is -2.55. The lowest BCUT2D eigenvalue weighted by Crippen LogP contribution is -2.62. The summed E-state index contributed by atoms with van der Waals surface area (Å²) >= 11 is 0. The summed E-state index contributed by atoms with van der Waals surface area (Å²) in [5, 5.41) is 2.95. The molecule has 0 radical (unpaired) electrons. The Labute approximate surface area is 211 Å². The standard InChI is InChI=1S/C27H36F2N4O3/c1-2-12-27(28,29)24-4-3-13-33(24)21-7-5-19(6-8-21)20-9-14-31(15-10-20)26(35)32-16-11-23-22(17-32)30-25(34)18-36-23/h2,5-8,20,22-24H,1,3-4,9-18H2,(H,30,34)/t22-,23+,24?/m1/s1. The van der Waals surface area contributed by atoms with Gasteiger partial charge < -0.3 is 24.8 Å². The van der Waals surface area contributed by atoms with Crippen LogP contribution < -0.4 is 10.2 Å². The fourth-order valence-electron chi connectivity index (χ4n) is 6.26. The number of hydrogen-bond acceptors (Lipinski definition) is 4. The molecule has 3 amide bonds. The largest absolute Gasteiger partial charge is 0.366 e. The van der Waals surface area contributed by atoms with Gasteiger partial charge in [0, 0.05) is 44.8 Å². The molecule has 0 saturated carbocycles. The monoisotopic (exact) mass is 502 g/mol. The second-order valence-corrected chi connectivity index (χ2v) is 10.5. The Bertz CT molecular complexity index is 964. The fraction of sp³-hybridized carbons (Fsp3) is 0.630. The highest BCUT2D eigenvalue weighted by atomic mass is 19.3. The number of nitrogens with one attached hydrogen (secondary N) is 1. The quantitative estimate of drug-likeness (QED) is 0.623. The number of urea groups is 1. The third-order valence-corrected chi connectivity index (χ3v) is 8.21. The van der Waals surface area contributed by atoms with Gasteiger partial charge in [0.15, 0.2) is 0 Å². The number of fused-ring (bicyclic) bond motifs is 1. The van der Waals surface area contributed by atoms with Crippen LogP contribution in [0.25, 0.3) is 0 Å². The first-order valence-corrected chi connectivity index (χ1v) is 13.2. The number of carbonyl (C=O) groups is 2. The summed E-state index contributed by atoms with van der Waals surface area (Å²) in [7, 11) is 0. The third kappa shape index (κ3) is 5.08. The molecule has 36 heavy (non-hydrogen) atoms. The lowest BCUT2D eigenvalue weighted by atomic mass is 9.89. The zero-order chi connectivity index (χ0) is 25.3. The van der Waals surface area contributed by atoms with Gasteiger partial charge in [0.2, 0.25) is 5.91 Å². The summed E-state index contributed by atoms with van der Waals surface area (Å²) in [6.07, 6.45) is 4.73. The molecule has 4 saturated heterocycles. The van der Waals surface area contributed by atoms with E-state index in [-0.39, 0.29) is 37.1 Å². The second-order valence-electron chi connectivity index (χ2n) is 10.5. The van der Waals surface area contributed by atoms with Crippen LogP contribution in [0.5, 0.6) is 0 Å². The van der Waals surface area contributed by atoms with Crippen LogP contribution in [0.15, 0.2) is 36.9 Å². The van der Waals surface area contributed by atoms with Crippen LogP contribution in [0.3, 0.4) is 0 Å². The molecule has 9 heteroatoms. The van der Waals surface area contributed by atoms with Crippen LogP contribution in [-0.2, 0) is 9.53 Å². The Morgan fingerprint density at radius 3 is 2.53 bits per heavy atom. The van der Waals surface area contributed by atoms with Crippen molar-refractivity contribution in [2.75, 3.05) is 44.2 Å². The number of alkyl halides is 2. The molecule has 1 N–H and O–H groups in total. The minimum absolute atomic E-state index is 0.00971. The maximum Gasteiger partial charge on any atom is 0.320 e. The van der Waals surface area contributed by atoms with Crippen molar-refractivity contribution in [1.29, 1.82) is 0 Å². The van der Waals surface area contributed by atoms with E-state index in [4.69, 9.17) is 4.74 Å². The fourth-order valence-corrected chi connectivity index (χ4v) is 6.26. The molecule has 7 nitrogen and oxygen atoms in total. The molecule has 5 rings (SSSR count). The first kappa shape index (κ1) is 25.0. The van der Waals surface area contributed by atoms with Crippen molar-refractivity contribution in [3.63, 3.8) is 0 Å². The number of allylic oxidation sites excluding steroid dienone is 1. The number of amides is 3. The van der Waals surface area contributed by atoms with E-state index in [1.165, 1.54) is 11.6 Å². The van der Waals surface area contributed by atoms with Crippen molar-refractivity contribution in [3.05, 3.63) is 42.5 Å². The van der Waals surface area contributed by atoms with Crippen molar-refractivity contribution in [2.24, 2.45) is 0 Å². The Balaban J connectivity index is 1.15. The zero-order valence-electron chi connectivity index (χ0n) is 20.7. The predicted octanol–water partition coefficient (Wildman–Crippen LogP) is 3.76. The van der Waals surface area contributed by atoms with Gasteiger partial charge in [-0.15, -0.1) is 6.58 Å². The molecular weight excluding hydrogens is 466 g/mol. The highest BCUT2D eigenvalue weighted by molar-refractivity contribution is 5.79. The van der Waals surface area contributed by atoms with Crippen LogP contribution in [0.1, 0.15) is 50.0 Å². The minimum atomic E-state index is -2.78. The van der Waals surface area contributed by atoms with Gasteiger partial charge in [-0.1, -0.05) is 18.2 Å². The maximum atomic E-state index is 14.6. The molecule has 0 aromatic heterocycles. The van der Waals surface area contributed by atoms with E-state index in [9.17, 15) is 18.4 Å². The van der Waals surface area contributed by atoms with E-state index in [0.29, 0.717) is 45.1 Å². The van der Waals surface area contributed by atoms with Crippen molar-refractivity contribution in [2.45, 2.75) is 68.6 Å². The number of rotatable bonds is 5. The predicted molar refractivity (Wildman–Crippen MR) is 133 cm³/mol. The van der Waals surface area contributed by atoms with Gasteiger partial charge in [-0.3, -0.25) is 4.79 Å². The Kier molecular flexibility index (Phi) is 7.19. The number of hydrogen-bond donors (Lipinski definition) is 1. The van der Waals surface area contributed by atoms with Crippen molar-refractivity contribution < 1.29 is 23.1 Å². The van der Waals surface area contributed by atoms with E-state index in [0.717, 1.165) is 31.4 Å². The van der Waals surface area contributed by atoms with Gasteiger partial charge in [-0.2, -0.15) is 0 Å². The van der Waals surface area contributed by atoms with Gasteiger partial charge in [0.25, 0.3) is 5.92 Å². The molecule has 4 heterocycles. The Hall–Kier alpha value is -2.68. The average molecular weight is 503 g/mol. The number of benzene rings is 1. The summed E-state index contributed by atoms with van der Waals surface area (Å²) in [6.45, 7) is 6.73. The van der Waals surface area contributed by atoms with Crippen molar-refractivity contribution in [1.82, 2.24) is 15.1 Å². The van der Waals surface area contributed by atoms with Crippen molar-refractivity contribution in [3.8, 4) is 0 Å². The van der Waals surface area contributed by atoms with E-state index >= 15 is 0 Å². The molecule has 0 bridgehead atoms. The number of nitrogens with zero attached hydrogens (tertiary/aromatic N) is 3. The van der Waals surface area contributed by atoms with Crippen molar-refractivity contribution >= 4 is 17.6 Å². The van der Waals surface area contributed by atoms with Gasteiger partial charge in [0.05, 0.1) is 18.2 Å². The first-order valence-electron chi connectivity index (χ1n) is 13.2. The van der Waals surface area contributed by atoms with Gasteiger partial charge in [-0.05, 0) is 55.7 Å². The van der Waals surface area contributed by atoms with E-state index in [1.54, 1.807) is 0 Å². The smallest absolute Gasteiger partial charge is 0.320 e. The van der Waals surface area contributed by atoms with Gasteiger partial charge in [-0.25, -0.2) is 13.6 Å². The highest BCUT2D eigenvalue weighted by Crippen LogP contribution is 2.38. The lowest BCUT2D eigenvalue weighted by molar-refractivity contribution is -0.139. The number of piperidine rings is 2. The average Bonchev–Trinajstić information content (AvgIpc) is 3.39. The lowest BCUT2D eigenvalue weighted by Gasteiger charge is -2.43. The van der Waals surface area contributed by atoms with E-state index < -0.39 is 12.0 Å². The molecule has 3 atom stereocenters. The topological polar surface area (TPSA) is 65.1 Å². The molecule has 4 aliphatic rings. The van der Waals surface area contributed by atoms with Gasteiger partial charge >= 0.3 is 6.03 Å². The normalized spacial score (nSPS) is 27.6. The minimum Gasteiger partial charge on any atom is -0.366 e. The summed E-state index contributed by atoms with van der Waals surface area (Å²) in [6, 6.07) is 7.19. The van der Waals surface area contributed by atoms with Crippen LogP contribution in [-0.4, -0.2) is 85.2 Å². The Morgan fingerprint density at radius 2 is 1.81 bits per heavy atom. The maximum absolute atomic E-state index is 14.6.